The van der Waals surface area contributed by atoms with E-state index in [1.165, 1.54) is 17.4 Å². The highest BCUT2D eigenvalue weighted by Gasteiger charge is 2.07. The number of rotatable bonds is 2. The Labute approximate surface area is 78.4 Å². The van der Waals surface area contributed by atoms with Crippen LogP contribution in [0.4, 0.5) is 0 Å². The number of hydrogen-bond donors (Lipinski definition) is 2. The Hall–Kier alpha value is -0.260. The van der Waals surface area contributed by atoms with Gasteiger partial charge in [-0.3, -0.25) is 9.59 Å². The van der Waals surface area contributed by atoms with E-state index in [0.717, 1.165) is 0 Å². The minimum atomic E-state index is -0.331. The van der Waals surface area contributed by atoms with Gasteiger partial charge in [0, 0.05) is 10.9 Å². The SMILES string of the molecule is O=C(S)c1csc(C(=O)S)c1. The molecule has 0 saturated carbocycles. The second kappa shape index (κ2) is 3.42. The molecule has 0 bridgehead atoms. The van der Waals surface area contributed by atoms with E-state index in [0.29, 0.717) is 10.4 Å². The molecule has 58 valence electrons. The summed E-state index contributed by atoms with van der Waals surface area (Å²) in [6.45, 7) is 0. The summed E-state index contributed by atoms with van der Waals surface area (Å²) in [4.78, 5) is 21.7. The van der Waals surface area contributed by atoms with Gasteiger partial charge in [0.2, 0.25) is 10.2 Å². The molecule has 1 aromatic heterocycles. The van der Waals surface area contributed by atoms with Crippen LogP contribution >= 0.6 is 36.6 Å². The normalized spacial score (nSPS) is 9.64. The summed E-state index contributed by atoms with van der Waals surface area (Å²) in [5.41, 5.74) is 0.440. The average molecular weight is 204 g/mol. The van der Waals surface area contributed by atoms with Crippen LogP contribution in [0.5, 0.6) is 0 Å². The van der Waals surface area contributed by atoms with Crippen LogP contribution < -0.4 is 0 Å². The molecule has 0 atom stereocenters. The molecular formula is C6H4O2S3. The van der Waals surface area contributed by atoms with E-state index in [2.05, 4.69) is 25.3 Å². The van der Waals surface area contributed by atoms with Crippen molar-refractivity contribution in [2.75, 3.05) is 0 Å². The third kappa shape index (κ3) is 2.08. The van der Waals surface area contributed by atoms with Crippen molar-refractivity contribution in [3.63, 3.8) is 0 Å². The van der Waals surface area contributed by atoms with Gasteiger partial charge in [-0.25, -0.2) is 0 Å². The number of thiophene rings is 1. The third-order valence-electron chi connectivity index (χ3n) is 1.06. The van der Waals surface area contributed by atoms with Gasteiger partial charge in [0.25, 0.3) is 0 Å². The molecule has 1 rings (SSSR count). The maximum Gasteiger partial charge on any atom is 0.226 e. The topological polar surface area (TPSA) is 34.1 Å². The Morgan fingerprint density at radius 3 is 2.18 bits per heavy atom. The summed E-state index contributed by atoms with van der Waals surface area (Å²) in [5, 5.41) is 0.927. The van der Waals surface area contributed by atoms with Gasteiger partial charge in [-0.05, 0) is 6.07 Å². The molecule has 1 aromatic rings. The first kappa shape index (κ1) is 8.83. The first-order valence-corrected chi connectivity index (χ1v) is 4.44. The Balaban J connectivity index is 2.99. The third-order valence-corrected chi connectivity index (χ3v) is 2.64. The number of hydrogen-bond acceptors (Lipinski definition) is 3. The van der Waals surface area contributed by atoms with E-state index < -0.39 is 0 Å². The van der Waals surface area contributed by atoms with Crippen LogP contribution in [0, 0.1) is 0 Å². The lowest BCUT2D eigenvalue weighted by atomic mass is 10.3. The van der Waals surface area contributed by atoms with E-state index in [9.17, 15) is 9.59 Å². The van der Waals surface area contributed by atoms with Gasteiger partial charge >= 0.3 is 0 Å². The molecule has 11 heavy (non-hydrogen) atoms. The monoisotopic (exact) mass is 204 g/mol. The van der Waals surface area contributed by atoms with Crippen molar-refractivity contribution in [2.24, 2.45) is 0 Å². The first-order valence-electron chi connectivity index (χ1n) is 2.66. The van der Waals surface area contributed by atoms with E-state index in [1.54, 1.807) is 5.38 Å². The maximum atomic E-state index is 10.6. The molecular weight excluding hydrogens is 200 g/mol. The van der Waals surface area contributed by atoms with Crippen molar-refractivity contribution in [1.82, 2.24) is 0 Å². The number of thiol groups is 2. The second-order valence-corrected chi connectivity index (χ2v) is 3.53. The molecule has 0 aliphatic heterocycles. The van der Waals surface area contributed by atoms with Crippen molar-refractivity contribution in [1.29, 1.82) is 0 Å². The fraction of sp³-hybridized carbons (Fsp3) is 0. The zero-order valence-electron chi connectivity index (χ0n) is 5.27. The van der Waals surface area contributed by atoms with E-state index >= 15 is 0 Å². The number of carbonyl (C=O) groups excluding carboxylic acids is 2. The predicted molar refractivity (Wildman–Crippen MR) is 51.0 cm³/mol. The van der Waals surface area contributed by atoms with Crippen LogP contribution in [0.3, 0.4) is 0 Å². The Morgan fingerprint density at radius 2 is 1.91 bits per heavy atom. The van der Waals surface area contributed by atoms with E-state index in [4.69, 9.17) is 0 Å². The predicted octanol–water partition coefficient (Wildman–Crippen LogP) is 1.89. The standard InChI is InChI=1S/C6H4O2S3/c7-5(9)3-1-4(6(8)10)11-2-3/h1-2H,(H,7,9)(H,8,10). The molecule has 0 saturated heterocycles. The molecule has 0 spiro atoms. The van der Waals surface area contributed by atoms with Crippen LogP contribution in [0.15, 0.2) is 11.4 Å². The Kier molecular flexibility index (Phi) is 2.75. The first-order chi connectivity index (χ1) is 5.11. The molecule has 2 nitrogen and oxygen atoms in total. The number of carbonyl (C=O) groups is 2. The molecule has 0 aliphatic rings. The minimum Gasteiger partial charge on any atom is -0.282 e. The lowest BCUT2D eigenvalue weighted by Crippen LogP contribution is -1.85. The summed E-state index contributed by atoms with van der Waals surface area (Å²) in [7, 11) is 0. The van der Waals surface area contributed by atoms with Gasteiger partial charge in [0.15, 0.2) is 0 Å². The van der Waals surface area contributed by atoms with E-state index in [-0.39, 0.29) is 10.2 Å². The molecule has 1 heterocycles. The van der Waals surface area contributed by atoms with Gasteiger partial charge in [0.1, 0.15) is 0 Å². The Morgan fingerprint density at radius 1 is 1.27 bits per heavy atom. The molecule has 0 fully saturated rings. The molecule has 0 aromatic carbocycles. The van der Waals surface area contributed by atoms with Gasteiger partial charge in [-0.2, -0.15) is 0 Å². The minimum absolute atomic E-state index is 0.323. The van der Waals surface area contributed by atoms with Crippen molar-refractivity contribution < 1.29 is 9.59 Å². The van der Waals surface area contributed by atoms with E-state index in [1.807, 2.05) is 0 Å². The van der Waals surface area contributed by atoms with Crippen molar-refractivity contribution in [2.45, 2.75) is 0 Å². The fourth-order valence-corrected chi connectivity index (χ4v) is 1.72. The van der Waals surface area contributed by atoms with Gasteiger partial charge in [-0.1, -0.05) is 12.6 Å². The highest BCUT2D eigenvalue weighted by atomic mass is 32.1. The molecule has 0 amide bonds. The van der Waals surface area contributed by atoms with Crippen molar-refractivity contribution in [3.8, 4) is 0 Å². The van der Waals surface area contributed by atoms with Crippen molar-refractivity contribution in [3.05, 3.63) is 21.9 Å². The highest BCUT2D eigenvalue weighted by Crippen LogP contribution is 2.17. The summed E-state index contributed by atoms with van der Waals surface area (Å²) in [5.74, 6) is 0. The van der Waals surface area contributed by atoms with Gasteiger partial charge in [0.05, 0.1) is 4.88 Å². The fourth-order valence-electron chi connectivity index (χ4n) is 0.561. The molecule has 5 heteroatoms. The second-order valence-electron chi connectivity index (χ2n) is 1.81. The highest BCUT2D eigenvalue weighted by molar-refractivity contribution is 7.97. The van der Waals surface area contributed by atoms with Gasteiger partial charge < -0.3 is 0 Å². The smallest absolute Gasteiger partial charge is 0.226 e. The van der Waals surface area contributed by atoms with Crippen LogP contribution in [0.1, 0.15) is 20.0 Å². The lowest BCUT2D eigenvalue weighted by molar-refractivity contribution is 0.109. The Bertz CT molecular complexity index is 274. The molecule has 0 radical (unpaired) electrons. The summed E-state index contributed by atoms with van der Waals surface area (Å²) < 4.78 is 0. The summed E-state index contributed by atoms with van der Waals surface area (Å²) in [6, 6.07) is 1.48. The van der Waals surface area contributed by atoms with Crippen LogP contribution in [-0.4, -0.2) is 10.2 Å². The zero-order chi connectivity index (χ0) is 8.43. The maximum absolute atomic E-state index is 10.6. The lowest BCUT2D eigenvalue weighted by Gasteiger charge is -1.82. The average Bonchev–Trinajstić information content (AvgIpc) is 2.33. The van der Waals surface area contributed by atoms with Crippen LogP contribution in [0.2, 0.25) is 0 Å². The van der Waals surface area contributed by atoms with Gasteiger partial charge in [-0.15, -0.1) is 24.0 Å². The molecule has 0 N–H and O–H groups in total. The summed E-state index contributed by atoms with van der Waals surface area (Å²) >= 11 is 8.40. The molecule has 0 aliphatic carbocycles. The largest absolute Gasteiger partial charge is 0.282 e. The molecule has 0 unspecified atom stereocenters. The van der Waals surface area contributed by atoms with Crippen LogP contribution in [-0.2, 0) is 0 Å². The zero-order valence-corrected chi connectivity index (χ0v) is 7.88. The van der Waals surface area contributed by atoms with Crippen LogP contribution in [0.25, 0.3) is 0 Å². The quantitative estimate of drug-likeness (QED) is 0.721. The van der Waals surface area contributed by atoms with Crippen molar-refractivity contribution >= 4 is 46.8 Å². The summed E-state index contributed by atoms with van der Waals surface area (Å²) in [6.07, 6.45) is 0.